The Morgan fingerprint density at radius 3 is 3.00 bits per heavy atom. The zero-order valence-electron chi connectivity index (χ0n) is 8.14. The molecule has 0 saturated carbocycles. The summed E-state index contributed by atoms with van der Waals surface area (Å²) in [6.45, 7) is 2.29. The predicted octanol–water partition coefficient (Wildman–Crippen LogP) is 0.430. The van der Waals surface area contributed by atoms with Gasteiger partial charge in [0.05, 0.1) is 11.0 Å². The Morgan fingerprint density at radius 2 is 2.13 bits per heavy atom. The Morgan fingerprint density at radius 1 is 1.20 bits per heavy atom. The number of amidine groups is 1. The van der Waals surface area contributed by atoms with Crippen LogP contribution in [0.4, 0.5) is 5.69 Å². The molecule has 0 aliphatic carbocycles. The molecule has 3 aliphatic rings. The molecule has 15 heavy (non-hydrogen) atoms. The summed E-state index contributed by atoms with van der Waals surface area (Å²) >= 11 is 0. The Balaban J connectivity index is 2.01. The Labute approximate surface area is 86.8 Å². The van der Waals surface area contributed by atoms with Crippen molar-refractivity contribution >= 4 is 23.7 Å². The van der Waals surface area contributed by atoms with Gasteiger partial charge in [0, 0.05) is 30.1 Å². The van der Waals surface area contributed by atoms with E-state index in [9.17, 15) is 0 Å². The van der Waals surface area contributed by atoms with Crippen molar-refractivity contribution in [3.8, 4) is 0 Å². The maximum atomic E-state index is 4.66. The van der Waals surface area contributed by atoms with E-state index in [1.54, 1.807) is 0 Å². The summed E-state index contributed by atoms with van der Waals surface area (Å²) in [7, 11) is 0. The number of nitrogens with zero attached hydrogens (tertiary/aromatic N) is 3. The first-order valence-corrected chi connectivity index (χ1v) is 5.15. The van der Waals surface area contributed by atoms with Crippen LogP contribution in [0.3, 0.4) is 0 Å². The molecule has 4 rings (SSSR count). The summed E-state index contributed by atoms with van der Waals surface area (Å²) in [5.41, 5.74) is 2.26. The molecule has 3 nitrogen and oxygen atoms in total. The van der Waals surface area contributed by atoms with Gasteiger partial charge in [0.25, 0.3) is 0 Å². The first kappa shape index (κ1) is 7.40. The molecule has 1 aromatic carbocycles. The summed E-state index contributed by atoms with van der Waals surface area (Å²) in [6.07, 6.45) is 6.04. The van der Waals surface area contributed by atoms with Crippen LogP contribution < -0.4 is 10.6 Å². The molecule has 0 radical (unpaired) electrons. The maximum Gasteiger partial charge on any atom is 0.130 e. The van der Waals surface area contributed by atoms with Gasteiger partial charge in [0.15, 0.2) is 0 Å². The van der Waals surface area contributed by atoms with Crippen LogP contribution in [0, 0.1) is 0 Å². The second kappa shape index (κ2) is 2.37. The van der Waals surface area contributed by atoms with E-state index in [1.165, 1.54) is 10.8 Å². The SMILES string of the molecule is C1=Cc2c3c(ccc2=N1)=CC(N1CC1)=N3. The van der Waals surface area contributed by atoms with Gasteiger partial charge in [-0.15, -0.1) is 0 Å². The lowest BCUT2D eigenvalue weighted by atomic mass is 10.1. The zero-order chi connectivity index (χ0) is 9.83. The fourth-order valence-corrected chi connectivity index (χ4v) is 2.05. The van der Waals surface area contributed by atoms with Crippen LogP contribution in [0.1, 0.15) is 5.56 Å². The van der Waals surface area contributed by atoms with Crippen molar-refractivity contribution in [1.82, 2.24) is 4.90 Å². The molecular formula is C12H9N3. The number of hydrogen-bond donors (Lipinski definition) is 0. The fraction of sp³-hybridized carbons (Fsp3) is 0.167. The van der Waals surface area contributed by atoms with Crippen LogP contribution in [-0.4, -0.2) is 23.8 Å². The highest BCUT2D eigenvalue weighted by Crippen LogP contribution is 2.21. The van der Waals surface area contributed by atoms with Crippen molar-refractivity contribution in [3.63, 3.8) is 0 Å². The van der Waals surface area contributed by atoms with Gasteiger partial charge < -0.3 is 4.90 Å². The van der Waals surface area contributed by atoms with Crippen molar-refractivity contribution in [2.24, 2.45) is 9.98 Å². The second-order valence-electron chi connectivity index (χ2n) is 3.98. The lowest BCUT2D eigenvalue weighted by Crippen LogP contribution is -2.10. The van der Waals surface area contributed by atoms with Crippen LogP contribution in [0.2, 0.25) is 0 Å². The van der Waals surface area contributed by atoms with E-state index in [2.05, 4.69) is 33.1 Å². The van der Waals surface area contributed by atoms with E-state index in [1.807, 2.05) is 12.3 Å². The van der Waals surface area contributed by atoms with E-state index in [4.69, 9.17) is 0 Å². The third kappa shape index (κ3) is 0.947. The van der Waals surface area contributed by atoms with Gasteiger partial charge in [-0.25, -0.2) is 4.99 Å². The van der Waals surface area contributed by atoms with Gasteiger partial charge >= 0.3 is 0 Å². The van der Waals surface area contributed by atoms with Crippen LogP contribution >= 0.6 is 0 Å². The Bertz CT molecular complexity index is 634. The third-order valence-corrected chi connectivity index (χ3v) is 2.96. The molecule has 3 heterocycles. The highest BCUT2D eigenvalue weighted by Gasteiger charge is 2.24. The van der Waals surface area contributed by atoms with Crippen LogP contribution in [-0.2, 0) is 0 Å². The van der Waals surface area contributed by atoms with E-state index in [0.29, 0.717) is 0 Å². The Hall–Kier alpha value is -1.90. The number of fused-ring (bicyclic) bond motifs is 3. The number of benzene rings is 1. The fourth-order valence-electron chi connectivity index (χ4n) is 2.05. The first-order chi connectivity index (χ1) is 7.42. The molecule has 1 aromatic rings. The molecule has 0 N–H and O–H groups in total. The minimum Gasteiger partial charge on any atom is -0.353 e. The van der Waals surface area contributed by atoms with E-state index >= 15 is 0 Å². The molecule has 0 amide bonds. The smallest absolute Gasteiger partial charge is 0.130 e. The molecular weight excluding hydrogens is 186 g/mol. The number of hydrogen-bond acceptors (Lipinski definition) is 3. The minimum atomic E-state index is 1.04. The second-order valence-corrected chi connectivity index (χ2v) is 3.98. The highest BCUT2D eigenvalue weighted by molar-refractivity contribution is 6.14. The van der Waals surface area contributed by atoms with Gasteiger partial charge in [0.2, 0.25) is 0 Å². The van der Waals surface area contributed by atoms with Crippen molar-refractivity contribution in [2.45, 2.75) is 0 Å². The van der Waals surface area contributed by atoms with Crippen LogP contribution in [0.15, 0.2) is 28.3 Å². The summed E-state index contributed by atoms with van der Waals surface area (Å²) in [6, 6.07) is 4.16. The standard InChI is InChI=1S/C12H9N3/c1-2-10-9(3-4-13-10)12-8(1)7-11(14-12)15-5-6-15/h1-4,7H,5-6H2. The molecule has 72 valence electrons. The lowest BCUT2D eigenvalue weighted by molar-refractivity contribution is 0.859. The molecule has 1 fully saturated rings. The minimum absolute atomic E-state index is 1.04. The summed E-state index contributed by atoms with van der Waals surface area (Å²) in [4.78, 5) is 11.2. The third-order valence-electron chi connectivity index (χ3n) is 2.96. The molecule has 0 aromatic heterocycles. The average Bonchev–Trinajstić information content (AvgIpc) is 2.84. The van der Waals surface area contributed by atoms with Crippen LogP contribution in [0.25, 0.3) is 12.2 Å². The van der Waals surface area contributed by atoms with Gasteiger partial charge in [-0.3, -0.25) is 4.99 Å². The first-order valence-electron chi connectivity index (χ1n) is 5.15. The molecule has 0 spiro atoms. The monoisotopic (exact) mass is 195 g/mol. The normalized spacial score (nSPS) is 19.2. The van der Waals surface area contributed by atoms with Gasteiger partial charge in [-0.2, -0.15) is 0 Å². The van der Waals surface area contributed by atoms with Crippen molar-refractivity contribution in [1.29, 1.82) is 0 Å². The summed E-state index contributed by atoms with van der Waals surface area (Å²) < 4.78 is 0. The molecule has 1 saturated heterocycles. The molecule has 0 unspecified atom stereocenters. The van der Waals surface area contributed by atoms with E-state index in [0.717, 1.165) is 30.0 Å². The molecule has 0 bridgehead atoms. The molecule has 0 atom stereocenters. The topological polar surface area (TPSA) is 27.7 Å². The summed E-state index contributed by atoms with van der Waals surface area (Å²) in [5.74, 6) is 1.11. The van der Waals surface area contributed by atoms with Gasteiger partial charge in [-0.05, 0) is 18.2 Å². The van der Waals surface area contributed by atoms with Crippen molar-refractivity contribution in [3.05, 3.63) is 34.5 Å². The van der Waals surface area contributed by atoms with Gasteiger partial charge in [0.1, 0.15) is 5.84 Å². The summed E-state index contributed by atoms with van der Waals surface area (Å²) in [5, 5.41) is 2.26. The molecule has 3 heteroatoms. The Kier molecular flexibility index (Phi) is 1.17. The number of rotatable bonds is 0. The highest BCUT2D eigenvalue weighted by atomic mass is 15.3. The average molecular weight is 195 g/mol. The lowest BCUT2D eigenvalue weighted by Gasteiger charge is -1.97. The molecule has 3 aliphatic heterocycles. The number of aliphatic imine (C=N–C) groups is 1. The zero-order valence-corrected chi connectivity index (χ0v) is 8.14. The van der Waals surface area contributed by atoms with Crippen molar-refractivity contribution in [2.75, 3.05) is 13.1 Å². The quantitative estimate of drug-likeness (QED) is 0.552. The van der Waals surface area contributed by atoms with E-state index in [-0.39, 0.29) is 0 Å². The largest absolute Gasteiger partial charge is 0.353 e. The van der Waals surface area contributed by atoms with Crippen molar-refractivity contribution < 1.29 is 0 Å². The van der Waals surface area contributed by atoms with E-state index < -0.39 is 0 Å². The predicted molar refractivity (Wildman–Crippen MR) is 59.4 cm³/mol. The van der Waals surface area contributed by atoms with Crippen LogP contribution in [0.5, 0.6) is 0 Å². The van der Waals surface area contributed by atoms with Gasteiger partial charge in [-0.1, -0.05) is 6.07 Å². The maximum absolute atomic E-state index is 4.66.